The minimum Gasteiger partial charge on any atom is -0.393 e. The second-order valence-corrected chi connectivity index (χ2v) is 5.49. The molecule has 0 aromatic carbocycles. The molecule has 1 atom stereocenters. The number of nitrogens with zero attached hydrogens (tertiary/aromatic N) is 1. The van der Waals surface area contributed by atoms with Gasteiger partial charge in [0.25, 0.3) is 0 Å². The molecule has 0 spiro atoms. The third-order valence-electron chi connectivity index (χ3n) is 3.67. The van der Waals surface area contributed by atoms with Gasteiger partial charge < -0.3 is 10.6 Å². The Morgan fingerprint density at radius 2 is 2.07 bits per heavy atom. The molecular formula is C12H24N2S. The number of hydrogen-bond donors (Lipinski definition) is 1. The van der Waals surface area contributed by atoms with Gasteiger partial charge in [-0.15, -0.1) is 0 Å². The second-order valence-electron chi connectivity index (χ2n) is 4.96. The van der Waals surface area contributed by atoms with Crippen molar-refractivity contribution in [2.45, 2.75) is 52.5 Å². The lowest BCUT2D eigenvalue weighted by atomic mass is 10.0. The number of nitrogens with two attached hydrogens (primary N) is 1. The van der Waals surface area contributed by atoms with E-state index in [0.29, 0.717) is 16.4 Å². The fraction of sp³-hybridized carbons (Fsp3) is 0.917. The highest BCUT2D eigenvalue weighted by Gasteiger charge is 2.44. The first kappa shape index (κ1) is 12.9. The van der Waals surface area contributed by atoms with E-state index in [1.165, 1.54) is 25.8 Å². The lowest BCUT2D eigenvalue weighted by molar-refractivity contribution is 0.174. The molecule has 1 aliphatic carbocycles. The zero-order chi connectivity index (χ0) is 11.5. The fourth-order valence-corrected chi connectivity index (χ4v) is 2.51. The van der Waals surface area contributed by atoms with Crippen molar-refractivity contribution >= 4 is 17.2 Å². The van der Waals surface area contributed by atoms with Crippen LogP contribution in [0.4, 0.5) is 0 Å². The molecule has 0 amide bonds. The summed E-state index contributed by atoms with van der Waals surface area (Å²) in [5, 5.41) is 0. The van der Waals surface area contributed by atoms with Gasteiger partial charge in [0.15, 0.2) is 0 Å². The summed E-state index contributed by atoms with van der Waals surface area (Å²) in [6.45, 7) is 9.10. The molecular weight excluding hydrogens is 204 g/mol. The molecule has 0 aliphatic heterocycles. The van der Waals surface area contributed by atoms with Crippen LogP contribution >= 0.6 is 12.2 Å². The maximum Gasteiger partial charge on any atom is 0.0733 e. The number of rotatable bonds is 7. The Kier molecular flexibility index (Phi) is 4.53. The molecule has 1 aliphatic rings. The van der Waals surface area contributed by atoms with Crippen LogP contribution in [0, 0.1) is 5.41 Å². The van der Waals surface area contributed by atoms with Crippen molar-refractivity contribution in [1.29, 1.82) is 0 Å². The van der Waals surface area contributed by atoms with E-state index in [1.54, 1.807) is 0 Å². The van der Waals surface area contributed by atoms with Gasteiger partial charge in [-0.05, 0) is 38.1 Å². The van der Waals surface area contributed by atoms with Crippen molar-refractivity contribution in [2.75, 3.05) is 13.1 Å². The molecule has 1 unspecified atom stereocenters. The van der Waals surface area contributed by atoms with Crippen molar-refractivity contribution in [3.8, 4) is 0 Å². The van der Waals surface area contributed by atoms with Gasteiger partial charge in [-0.2, -0.15) is 0 Å². The highest BCUT2D eigenvalue weighted by molar-refractivity contribution is 7.80. The van der Waals surface area contributed by atoms with Crippen LogP contribution < -0.4 is 5.73 Å². The van der Waals surface area contributed by atoms with Crippen LogP contribution in [-0.4, -0.2) is 29.0 Å². The summed E-state index contributed by atoms with van der Waals surface area (Å²) >= 11 is 5.03. The summed E-state index contributed by atoms with van der Waals surface area (Å²) < 4.78 is 0. The Bertz CT molecular complexity index is 224. The fourth-order valence-electron chi connectivity index (χ4n) is 2.21. The molecule has 0 radical (unpaired) electrons. The zero-order valence-electron chi connectivity index (χ0n) is 10.3. The van der Waals surface area contributed by atoms with Crippen molar-refractivity contribution in [2.24, 2.45) is 11.1 Å². The molecule has 0 heterocycles. The van der Waals surface area contributed by atoms with Crippen LogP contribution in [0.5, 0.6) is 0 Å². The lowest BCUT2D eigenvalue weighted by Gasteiger charge is -2.31. The van der Waals surface area contributed by atoms with Crippen LogP contribution in [0.15, 0.2) is 0 Å². The maximum atomic E-state index is 5.66. The molecule has 1 fully saturated rings. The first-order chi connectivity index (χ1) is 7.03. The van der Waals surface area contributed by atoms with Gasteiger partial charge in [0.2, 0.25) is 0 Å². The first-order valence-corrected chi connectivity index (χ1v) is 6.46. The van der Waals surface area contributed by atoms with E-state index in [-0.39, 0.29) is 0 Å². The molecule has 2 nitrogen and oxygen atoms in total. The molecule has 88 valence electrons. The zero-order valence-corrected chi connectivity index (χ0v) is 11.1. The van der Waals surface area contributed by atoms with Gasteiger partial charge in [0.05, 0.1) is 4.99 Å². The first-order valence-electron chi connectivity index (χ1n) is 6.05. The summed E-state index contributed by atoms with van der Waals surface area (Å²) in [5.41, 5.74) is 6.09. The lowest BCUT2D eigenvalue weighted by Crippen LogP contribution is -2.38. The number of hydrogen-bond acceptors (Lipinski definition) is 2. The summed E-state index contributed by atoms with van der Waals surface area (Å²) in [5.74, 6) is 0. The highest BCUT2D eigenvalue weighted by atomic mass is 32.1. The van der Waals surface area contributed by atoms with Crippen molar-refractivity contribution in [1.82, 2.24) is 4.90 Å². The molecule has 0 bridgehead atoms. The van der Waals surface area contributed by atoms with Crippen LogP contribution in [0.1, 0.15) is 46.5 Å². The molecule has 3 heteroatoms. The van der Waals surface area contributed by atoms with E-state index in [1.807, 2.05) is 0 Å². The summed E-state index contributed by atoms with van der Waals surface area (Å²) in [4.78, 5) is 3.25. The second kappa shape index (κ2) is 5.26. The molecule has 0 aromatic rings. The summed E-state index contributed by atoms with van der Waals surface area (Å²) in [6, 6.07) is 0.679. The minimum absolute atomic E-state index is 0.436. The Morgan fingerprint density at radius 1 is 1.47 bits per heavy atom. The average molecular weight is 228 g/mol. The predicted octanol–water partition coefficient (Wildman–Crippen LogP) is 2.56. The van der Waals surface area contributed by atoms with Gasteiger partial charge >= 0.3 is 0 Å². The van der Waals surface area contributed by atoms with Crippen molar-refractivity contribution < 1.29 is 0 Å². The minimum atomic E-state index is 0.436. The van der Waals surface area contributed by atoms with E-state index in [2.05, 4.69) is 25.7 Å². The Morgan fingerprint density at radius 3 is 2.40 bits per heavy atom. The van der Waals surface area contributed by atoms with Gasteiger partial charge in [0, 0.05) is 19.0 Å². The van der Waals surface area contributed by atoms with Crippen molar-refractivity contribution in [3.05, 3.63) is 0 Å². The normalized spacial score (nSPS) is 20.3. The van der Waals surface area contributed by atoms with Crippen molar-refractivity contribution in [3.63, 3.8) is 0 Å². The monoisotopic (exact) mass is 228 g/mol. The van der Waals surface area contributed by atoms with E-state index < -0.39 is 0 Å². The summed E-state index contributed by atoms with van der Waals surface area (Å²) in [6.07, 6.45) is 4.76. The predicted molar refractivity (Wildman–Crippen MR) is 70.1 cm³/mol. The van der Waals surface area contributed by atoms with E-state index in [0.717, 1.165) is 13.0 Å². The topological polar surface area (TPSA) is 29.3 Å². The maximum absolute atomic E-state index is 5.66. The third-order valence-corrected chi connectivity index (χ3v) is 3.81. The molecule has 0 saturated heterocycles. The van der Waals surface area contributed by atoms with Crippen LogP contribution in [0.3, 0.4) is 0 Å². The molecule has 2 N–H and O–H groups in total. The van der Waals surface area contributed by atoms with Gasteiger partial charge in [0.1, 0.15) is 0 Å². The Balaban J connectivity index is 2.47. The highest BCUT2D eigenvalue weighted by Crippen LogP contribution is 2.49. The summed E-state index contributed by atoms with van der Waals surface area (Å²) in [7, 11) is 0. The number of thiocarbonyl (C=S) groups is 1. The van der Waals surface area contributed by atoms with E-state index in [9.17, 15) is 0 Å². The van der Waals surface area contributed by atoms with Gasteiger partial charge in [-0.25, -0.2) is 0 Å². The van der Waals surface area contributed by atoms with Crippen LogP contribution in [0.25, 0.3) is 0 Å². The average Bonchev–Trinajstić information content (AvgIpc) is 2.92. The third kappa shape index (κ3) is 3.72. The Hall–Kier alpha value is -0.150. The quantitative estimate of drug-likeness (QED) is 0.679. The smallest absolute Gasteiger partial charge is 0.0733 e. The van der Waals surface area contributed by atoms with Crippen LogP contribution in [-0.2, 0) is 0 Å². The molecule has 15 heavy (non-hydrogen) atoms. The SMILES string of the molecule is CCC(C)N(CC)CC1(CC(N)=S)CC1. The van der Waals surface area contributed by atoms with E-state index >= 15 is 0 Å². The van der Waals surface area contributed by atoms with Gasteiger partial charge in [-0.1, -0.05) is 26.1 Å². The largest absolute Gasteiger partial charge is 0.393 e. The molecule has 1 rings (SSSR count). The van der Waals surface area contributed by atoms with Gasteiger partial charge in [-0.3, -0.25) is 0 Å². The van der Waals surface area contributed by atoms with E-state index in [4.69, 9.17) is 18.0 Å². The standard InChI is InChI=1S/C12H24N2S/c1-4-10(3)14(5-2)9-12(6-7-12)8-11(13)15/h10H,4-9H2,1-3H3,(H2,13,15). The Labute approximate surface area is 99.2 Å². The van der Waals surface area contributed by atoms with Crippen LogP contribution in [0.2, 0.25) is 0 Å². The molecule has 0 aromatic heterocycles. The molecule has 1 saturated carbocycles.